The highest BCUT2D eigenvalue weighted by Gasteiger charge is 2.35. The van der Waals surface area contributed by atoms with Crippen LogP contribution in [-0.4, -0.2) is 64.2 Å². The Morgan fingerprint density at radius 3 is 2.36 bits per heavy atom. The van der Waals surface area contributed by atoms with Gasteiger partial charge in [-0.3, -0.25) is 9.59 Å². The number of primary amides is 1. The van der Waals surface area contributed by atoms with E-state index in [0.29, 0.717) is 32.1 Å². The zero-order valence-electron chi connectivity index (χ0n) is 17.0. The van der Waals surface area contributed by atoms with Gasteiger partial charge in [0.25, 0.3) is 11.8 Å². The fraction of sp³-hybridized carbons (Fsp3) is 0.250. The van der Waals surface area contributed by atoms with Crippen molar-refractivity contribution in [3.63, 3.8) is 0 Å². The number of aromatic nitrogens is 3. The van der Waals surface area contributed by atoms with E-state index >= 15 is 0 Å². The molecule has 3 aromatic rings. The van der Waals surface area contributed by atoms with Gasteiger partial charge < -0.3 is 20.3 Å². The summed E-state index contributed by atoms with van der Waals surface area (Å²) in [6, 6.07) is 5.53. The number of thiazole rings is 1. The second kappa shape index (κ2) is 9.02. The summed E-state index contributed by atoms with van der Waals surface area (Å²) in [5, 5.41) is 0.0945. The summed E-state index contributed by atoms with van der Waals surface area (Å²) in [4.78, 5) is 40.9. The van der Waals surface area contributed by atoms with Gasteiger partial charge in [-0.15, -0.1) is 24.5 Å². The van der Waals surface area contributed by atoms with Gasteiger partial charge in [-0.2, -0.15) is 0 Å². The molecule has 13 heteroatoms. The molecule has 0 aliphatic carbocycles. The molecule has 0 spiro atoms. The highest BCUT2D eigenvalue weighted by Crippen LogP contribution is 2.38. The van der Waals surface area contributed by atoms with Crippen molar-refractivity contribution < 1.29 is 27.5 Å². The van der Waals surface area contributed by atoms with Crippen molar-refractivity contribution in [2.45, 2.75) is 6.36 Å². The van der Waals surface area contributed by atoms with Crippen LogP contribution < -0.4 is 15.4 Å². The van der Waals surface area contributed by atoms with Crippen LogP contribution in [0.15, 0.2) is 42.9 Å². The number of halogens is 3. The molecule has 0 saturated carbocycles. The number of hydrogen-bond donors (Lipinski definition) is 1. The number of benzene rings is 1. The van der Waals surface area contributed by atoms with Crippen LogP contribution in [0.4, 0.5) is 19.1 Å². The van der Waals surface area contributed by atoms with Crippen molar-refractivity contribution >= 4 is 29.1 Å². The van der Waals surface area contributed by atoms with Crippen LogP contribution >= 0.6 is 11.3 Å². The van der Waals surface area contributed by atoms with Gasteiger partial charge in [0, 0.05) is 38.6 Å². The molecule has 2 N–H and O–H groups in total. The van der Waals surface area contributed by atoms with E-state index in [4.69, 9.17) is 5.73 Å². The predicted octanol–water partition coefficient (Wildman–Crippen LogP) is 2.56. The molecular formula is C20H17F3N6O3S. The maximum atomic E-state index is 12.9. The lowest BCUT2D eigenvalue weighted by atomic mass is 10.1. The van der Waals surface area contributed by atoms with E-state index in [-0.39, 0.29) is 21.4 Å². The van der Waals surface area contributed by atoms with E-state index in [1.807, 2.05) is 4.90 Å². The van der Waals surface area contributed by atoms with E-state index in [9.17, 15) is 22.8 Å². The number of para-hydroxylation sites is 1. The van der Waals surface area contributed by atoms with Crippen molar-refractivity contribution in [1.29, 1.82) is 0 Å². The monoisotopic (exact) mass is 478 g/mol. The Labute approximate surface area is 189 Å². The molecule has 4 rings (SSSR count). The lowest BCUT2D eigenvalue weighted by molar-refractivity contribution is -0.274. The Hall–Kier alpha value is -3.74. The molecule has 1 saturated heterocycles. The fourth-order valence-corrected chi connectivity index (χ4v) is 4.25. The van der Waals surface area contributed by atoms with E-state index < -0.39 is 23.6 Å². The van der Waals surface area contributed by atoms with Crippen molar-refractivity contribution in [2.75, 3.05) is 31.1 Å². The zero-order valence-corrected chi connectivity index (χ0v) is 17.8. The first-order chi connectivity index (χ1) is 15.7. The molecule has 0 bridgehead atoms. The number of ether oxygens (including phenoxy) is 1. The van der Waals surface area contributed by atoms with E-state index in [1.165, 1.54) is 18.3 Å². The molecular weight excluding hydrogens is 461 g/mol. The van der Waals surface area contributed by atoms with Gasteiger partial charge in [-0.1, -0.05) is 6.07 Å². The van der Waals surface area contributed by atoms with Gasteiger partial charge in [0.1, 0.15) is 9.88 Å². The number of anilines is 1. The molecule has 2 amide bonds. The number of hydrogen-bond acceptors (Lipinski definition) is 8. The van der Waals surface area contributed by atoms with Gasteiger partial charge in [0.2, 0.25) is 5.95 Å². The topological polar surface area (TPSA) is 115 Å². The van der Waals surface area contributed by atoms with Crippen LogP contribution in [0.5, 0.6) is 5.75 Å². The average Bonchev–Trinajstić information content (AvgIpc) is 3.28. The van der Waals surface area contributed by atoms with E-state index in [2.05, 4.69) is 19.7 Å². The van der Waals surface area contributed by atoms with Crippen molar-refractivity contribution in [1.82, 2.24) is 19.9 Å². The molecule has 0 atom stereocenters. The summed E-state index contributed by atoms with van der Waals surface area (Å²) >= 11 is 0.905. The number of piperazine rings is 1. The maximum Gasteiger partial charge on any atom is 0.573 e. The smallest absolute Gasteiger partial charge is 0.404 e. The highest BCUT2D eigenvalue weighted by molar-refractivity contribution is 7.17. The van der Waals surface area contributed by atoms with Crippen LogP contribution in [0.2, 0.25) is 0 Å². The number of carbonyl (C=O) groups is 2. The van der Waals surface area contributed by atoms with E-state index in [0.717, 1.165) is 17.4 Å². The van der Waals surface area contributed by atoms with Crippen LogP contribution in [0, 0.1) is 0 Å². The molecule has 1 fully saturated rings. The largest absolute Gasteiger partial charge is 0.573 e. The number of alkyl halides is 3. The fourth-order valence-electron chi connectivity index (χ4n) is 3.34. The molecule has 172 valence electrons. The lowest BCUT2D eigenvalue weighted by Crippen LogP contribution is -2.49. The Morgan fingerprint density at radius 1 is 1.03 bits per heavy atom. The summed E-state index contributed by atoms with van der Waals surface area (Å²) in [6.07, 6.45) is -0.465. The Bertz CT molecular complexity index is 1160. The molecule has 2 aromatic heterocycles. The summed E-state index contributed by atoms with van der Waals surface area (Å²) in [5.74, 6) is -1.54. The minimum Gasteiger partial charge on any atom is -0.404 e. The summed E-state index contributed by atoms with van der Waals surface area (Å²) in [7, 11) is 0. The molecule has 3 heterocycles. The first-order valence-electron chi connectivity index (χ1n) is 9.69. The van der Waals surface area contributed by atoms with Crippen molar-refractivity contribution in [3.8, 4) is 16.3 Å². The quantitative estimate of drug-likeness (QED) is 0.599. The average molecular weight is 478 g/mol. The second-order valence-electron chi connectivity index (χ2n) is 6.95. The number of nitrogens with zero attached hydrogens (tertiary/aromatic N) is 5. The lowest BCUT2D eigenvalue weighted by Gasteiger charge is -2.34. The number of amides is 2. The Morgan fingerprint density at radius 2 is 1.73 bits per heavy atom. The minimum atomic E-state index is -5.04. The van der Waals surface area contributed by atoms with Crippen molar-refractivity contribution in [3.05, 3.63) is 53.3 Å². The first kappa shape index (κ1) is 22.5. The standard InChI is InChI=1S/C20H17F3N6O3S/c21-20(22,23)32-15-12(16(24)30)3-1-4-13(15)17-27-11-14(33-17)18(31)28-7-9-29(10-8-28)19-25-5-2-6-26-19/h1-6,11H,7-10H2,(H2,24,30). The van der Waals surface area contributed by atoms with Crippen LogP contribution in [0.25, 0.3) is 10.6 Å². The third-order valence-corrected chi connectivity index (χ3v) is 5.87. The SMILES string of the molecule is NC(=O)c1cccc(-c2ncc(C(=O)N3CCN(c4ncccn4)CC3)s2)c1OC(F)(F)F. The first-order valence-corrected chi connectivity index (χ1v) is 10.5. The van der Waals surface area contributed by atoms with Gasteiger partial charge in [0.05, 0.1) is 17.3 Å². The summed E-state index contributed by atoms with van der Waals surface area (Å²) < 4.78 is 42.9. The molecule has 0 unspecified atom stereocenters. The second-order valence-corrected chi connectivity index (χ2v) is 7.98. The van der Waals surface area contributed by atoms with Crippen LogP contribution in [0.1, 0.15) is 20.0 Å². The summed E-state index contributed by atoms with van der Waals surface area (Å²) in [5.41, 5.74) is 4.69. The van der Waals surface area contributed by atoms with Gasteiger partial charge in [-0.05, 0) is 18.2 Å². The van der Waals surface area contributed by atoms with Crippen molar-refractivity contribution in [2.24, 2.45) is 5.73 Å². The number of nitrogens with two attached hydrogens (primary N) is 1. The third kappa shape index (κ3) is 5.03. The van der Waals surface area contributed by atoms with Gasteiger partial charge in [-0.25, -0.2) is 15.0 Å². The predicted molar refractivity (Wildman–Crippen MR) is 113 cm³/mol. The molecule has 9 nitrogen and oxygen atoms in total. The molecule has 1 aliphatic rings. The highest BCUT2D eigenvalue weighted by atomic mass is 32.1. The maximum absolute atomic E-state index is 12.9. The molecule has 33 heavy (non-hydrogen) atoms. The zero-order chi connectivity index (χ0) is 23.6. The summed E-state index contributed by atoms with van der Waals surface area (Å²) in [6.45, 7) is 1.91. The van der Waals surface area contributed by atoms with Gasteiger partial charge in [0.15, 0.2) is 5.75 Å². The Balaban J connectivity index is 1.53. The van der Waals surface area contributed by atoms with Crippen LogP contribution in [0.3, 0.4) is 0 Å². The van der Waals surface area contributed by atoms with Gasteiger partial charge >= 0.3 is 6.36 Å². The molecule has 0 radical (unpaired) electrons. The minimum absolute atomic E-state index is 0.0845. The van der Waals surface area contributed by atoms with Crippen LogP contribution in [-0.2, 0) is 0 Å². The normalized spacial score (nSPS) is 14.3. The Kier molecular flexibility index (Phi) is 6.14. The number of rotatable bonds is 5. The molecule has 1 aromatic carbocycles. The number of carbonyl (C=O) groups excluding carboxylic acids is 2. The molecule has 1 aliphatic heterocycles. The van der Waals surface area contributed by atoms with E-state index in [1.54, 1.807) is 23.4 Å². The third-order valence-electron chi connectivity index (χ3n) is 4.85.